The topological polar surface area (TPSA) is 13.1 Å². The van der Waals surface area contributed by atoms with Gasteiger partial charge in [0.15, 0.2) is 0 Å². The van der Waals surface area contributed by atoms with Crippen molar-refractivity contribution in [1.29, 1.82) is 0 Å². The molecular formula is C30H20O. The smallest absolute Gasteiger partial charge is 0.0980 e. The quantitative estimate of drug-likeness (QED) is 0.292. The van der Waals surface area contributed by atoms with Gasteiger partial charge in [-0.2, -0.15) is 0 Å². The van der Waals surface area contributed by atoms with Gasteiger partial charge in [0.1, 0.15) is 0 Å². The van der Waals surface area contributed by atoms with Crippen LogP contribution in [0.1, 0.15) is 0 Å². The van der Waals surface area contributed by atoms with Crippen LogP contribution in [0, 0.1) is 0 Å². The molecule has 0 aliphatic heterocycles. The molecule has 0 bridgehead atoms. The van der Waals surface area contributed by atoms with Gasteiger partial charge in [-0.25, -0.2) is 0 Å². The highest BCUT2D eigenvalue weighted by atomic mass is 16.3. The van der Waals surface area contributed by atoms with Crippen molar-refractivity contribution in [3.63, 3.8) is 0 Å². The summed E-state index contributed by atoms with van der Waals surface area (Å²) in [5.74, 6) is 0. The molecule has 1 nitrogen and oxygen atoms in total. The lowest BCUT2D eigenvalue weighted by molar-refractivity contribution is 0.568. The van der Waals surface area contributed by atoms with Gasteiger partial charge in [-0.15, -0.1) is 0 Å². The van der Waals surface area contributed by atoms with E-state index in [1.165, 1.54) is 43.8 Å². The first-order valence-electron chi connectivity index (χ1n) is 10.5. The van der Waals surface area contributed by atoms with E-state index in [0.29, 0.717) is 0 Å². The van der Waals surface area contributed by atoms with Crippen LogP contribution in [0.25, 0.3) is 54.9 Å². The molecule has 31 heavy (non-hydrogen) atoms. The summed E-state index contributed by atoms with van der Waals surface area (Å²) in [5.41, 5.74) is 7.27. The van der Waals surface area contributed by atoms with Crippen LogP contribution < -0.4 is 0 Å². The second-order valence-electron chi connectivity index (χ2n) is 7.82. The molecule has 0 unspecified atom stereocenters. The van der Waals surface area contributed by atoms with Crippen molar-refractivity contribution in [2.24, 2.45) is 0 Å². The molecule has 0 atom stereocenters. The first kappa shape index (κ1) is 17.7. The van der Waals surface area contributed by atoms with E-state index in [0.717, 1.165) is 11.1 Å². The van der Waals surface area contributed by atoms with Gasteiger partial charge in [0, 0.05) is 5.56 Å². The minimum Gasteiger partial charge on any atom is -0.472 e. The van der Waals surface area contributed by atoms with Crippen LogP contribution in [0.5, 0.6) is 0 Å². The van der Waals surface area contributed by atoms with Crippen LogP contribution >= 0.6 is 0 Å². The molecule has 5 aromatic carbocycles. The average molecular weight is 396 g/mol. The molecule has 146 valence electrons. The molecule has 6 rings (SSSR count). The third kappa shape index (κ3) is 3.03. The summed E-state index contributed by atoms with van der Waals surface area (Å²) in [4.78, 5) is 0. The zero-order valence-corrected chi connectivity index (χ0v) is 17.0. The molecule has 0 saturated carbocycles. The van der Waals surface area contributed by atoms with Crippen LogP contribution in [0.4, 0.5) is 0 Å². The normalized spacial score (nSPS) is 11.2. The summed E-state index contributed by atoms with van der Waals surface area (Å²) >= 11 is 0. The Kier molecular flexibility index (Phi) is 4.18. The Balaban J connectivity index is 1.53. The van der Waals surface area contributed by atoms with Gasteiger partial charge >= 0.3 is 0 Å². The molecular weight excluding hydrogens is 376 g/mol. The van der Waals surface area contributed by atoms with Crippen LogP contribution in [-0.4, -0.2) is 0 Å². The fraction of sp³-hybridized carbons (Fsp3) is 0. The van der Waals surface area contributed by atoms with E-state index in [9.17, 15) is 0 Å². The summed E-state index contributed by atoms with van der Waals surface area (Å²) in [7, 11) is 0. The van der Waals surface area contributed by atoms with Crippen molar-refractivity contribution < 1.29 is 4.42 Å². The summed E-state index contributed by atoms with van der Waals surface area (Å²) in [6.07, 6.45) is 3.49. The third-order valence-corrected chi connectivity index (χ3v) is 6.05. The van der Waals surface area contributed by atoms with Gasteiger partial charge in [0.2, 0.25) is 0 Å². The van der Waals surface area contributed by atoms with Crippen LogP contribution in [0.3, 0.4) is 0 Å². The molecule has 0 N–H and O–H groups in total. The van der Waals surface area contributed by atoms with Gasteiger partial charge in [-0.1, -0.05) is 103 Å². The maximum absolute atomic E-state index is 5.23. The molecule has 6 aromatic rings. The molecule has 0 aliphatic carbocycles. The summed E-state index contributed by atoms with van der Waals surface area (Å²) in [6.45, 7) is 0. The van der Waals surface area contributed by atoms with Crippen molar-refractivity contribution in [3.8, 4) is 33.4 Å². The molecule has 1 aromatic heterocycles. The number of furan rings is 1. The Hall–Kier alpha value is -4.10. The van der Waals surface area contributed by atoms with E-state index >= 15 is 0 Å². The Bertz CT molecular complexity index is 1500. The summed E-state index contributed by atoms with van der Waals surface area (Å²) in [5, 5.41) is 5.09. The fourth-order valence-electron chi connectivity index (χ4n) is 4.52. The molecule has 0 aliphatic rings. The SMILES string of the molecule is c1ccc2c(-c3ccc(-c4ccc(-c5ccoc5)cc4)c4ccccc34)cccc2c1. The molecule has 0 amide bonds. The van der Waals surface area contributed by atoms with Crippen LogP contribution in [0.2, 0.25) is 0 Å². The second kappa shape index (κ2) is 7.30. The highest BCUT2D eigenvalue weighted by Gasteiger charge is 2.11. The molecule has 1 heterocycles. The predicted molar refractivity (Wildman–Crippen MR) is 130 cm³/mol. The molecule has 1 heteroatoms. The van der Waals surface area contributed by atoms with Gasteiger partial charge in [-0.3, -0.25) is 0 Å². The summed E-state index contributed by atoms with van der Waals surface area (Å²) < 4.78 is 5.23. The zero-order valence-electron chi connectivity index (χ0n) is 17.0. The maximum atomic E-state index is 5.23. The van der Waals surface area contributed by atoms with Crippen molar-refractivity contribution in [3.05, 3.63) is 122 Å². The molecule has 0 spiro atoms. The van der Waals surface area contributed by atoms with E-state index in [1.807, 2.05) is 6.07 Å². The standard InChI is InChI=1S/C30H20O/c1-2-8-25-22(6-1)7-5-11-28(25)30-17-16-26(27-9-3-4-10-29(27)30)23-14-12-21(13-15-23)24-18-19-31-20-24/h1-20H. The Morgan fingerprint density at radius 1 is 0.387 bits per heavy atom. The first-order valence-corrected chi connectivity index (χ1v) is 10.5. The lowest BCUT2D eigenvalue weighted by atomic mass is 9.90. The van der Waals surface area contributed by atoms with Crippen LogP contribution in [-0.2, 0) is 0 Å². The van der Waals surface area contributed by atoms with E-state index < -0.39 is 0 Å². The van der Waals surface area contributed by atoms with Crippen molar-refractivity contribution in [1.82, 2.24) is 0 Å². The van der Waals surface area contributed by atoms with Gasteiger partial charge in [0.05, 0.1) is 12.5 Å². The monoisotopic (exact) mass is 396 g/mol. The van der Waals surface area contributed by atoms with Crippen LogP contribution in [0.15, 0.2) is 126 Å². The molecule has 0 saturated heterocycles. The number of hydrogen-bond acceptors (Lipinski definition) is 1. The maximum Gasteiger partial charge on any atom is 0.0980 e. The minimum atomic E-state index is 1.10. The fourth-order valence-corrected chi connectivity index (χ4v) is 4.52. The van der Waals surface area contributed by atoms with E-state index in [-0.39, 0.29) is 0 Å². The second-order valence-corrected chi connectivity index (χ2v) is 7.82. The van der Waals surface area contributed by atoms with E-state index in [2.05, 4.69) is 103 Å². The Morgan fingerprint density at radius 3 is 1.77 bits per heavy atom. The first-order chi connectivity index (χ1) is 15.4. The van der Waals surface area contributed by atoms with Gasteiger partial charge < -0.3 is 4.42 Å². The Morgan fingerprint density at radius 2 is 1.00 bits per heavy atom. The van der Waals surface area contributed by atoms with Gasteiger partial charge in [0.25, 0.3) is 0 Å². The van der Waals surface area contributed by atoms with E-state index in [1.54, 1.807) is 12.5 Å². The average Bonchev–Trinajstić information content (AvgIpc) is 3.38. The third-order valence-electron chi connectivity index (χ3n) is 6.05. The Labute approximate surface area is 181 Å². The van der Waals surface area contributed by atoms with Gasteiger partial charge in [-0.05, 0) is 55.4 Å². The zero-order chi connectivity index (χ0) is 20.6. The predicted octanol–water partition coefficient (Wildman–Crippen LogP) is 8.59. The van der Waals surface area contributed by atoms with Crippen molar-refractivity contribution in [2.45, 2.75) is 0 Å². The van der Waals surface area contributed by atoms with Crippen molar-refractivity contribution in [2.75, 3.05) is 0 Å². The molecule has 0 fully saturated rings. The number of fused-ring (bicyclic) bond motifs is 2. The van der Waals surface area contributed by atoms with E-state index in [4.69, 9.17) is 4.42 Å². The van der Waals surface area contributed by atoms with Crippen molar-refractivity contribution >= 4 is 21.5 Å². The highest BCUT2D eigenvalue weighted by molar-refractivity contribution is 6.09. The number of hydrogen-bond donors (Lipinski definition) is 0. The minimum absolute atomic E-state index is 1.10. The lowest BCUT2D eigenvalue weighted by Gasteiger charge is -2.14. The largest absolute Gasteiger partial charge is 0.472 e. The number of rotatable bonds is 3. The lowest BCUT2D eigenvalue weighted by Crippen LogP contribution is -1.87. The molecule has 0 radical (unpaired) electrons. The number of benzene rings is 5. The summed E-state index contributed by atoms with van der Waals surface area (Å²) in [6, 6.07) is 39.1. The highest BCUT2D eigenvalue weighted by Crippen LogP contribution is 2.38.